The minimum atomic E-state index is -0.0950. The van der Waals surface area contributed by atoms with Gasteiger partial charge in [-0.3, -0.25) is 4.79 Å². The lowest BCUT2D eigenvalue weighted by Gasteiger charge is -2.04. The van der Waals surface area contributed by atoms with E-state index in [4.69, 9.17) is 11.6 Å². The summed E-state index contributed by atoms with van der Waals surface area (Å²) in [6.07, 6.45) is 0.912. The summed E-state index contributed by atoms with van der Waals surface area (Å²) in [6.45, 7) is 1.35. The number of nitrogens with one attached hydrogen (secondary N) is 2. The predicted molar refractivity (Wildman–Crippen MR) is 87.1 cm³/mol. The molecule has 0 atom stereocenters. The fraction of sp³-hybridized carbons (Fsp3) is 0.200. The van der Waals surface area contributed by atoms with Gasteiger partial charge in [0, 0.05) is 11.4 Å². The van der Waals surface area contributed by atoms with Crippen LogP contribution in [0.3, 0.4) is 0 Å². The Morgan fingerprint density at radius 2 is 2.10 bits per heavy atom. The first kappa shape index (κ1) is 14.3. The Morgan fingerprint density at radius 3 is 2.90 bits per heavy atom. The van der Waals surface area contributed by atoms with Gasteiger partial charge in [0.25, 0.3) is 5.56 Å². The molecule has 3 rings (SSSR count). The third-order valence-electron chi connectivity index (χ3n) is 3.13. The van der Waals surface area contributed by atoms with Crippen molar-refractivity contribution in [1.29, 1.82) is 0 Å². The topological polar surface area (TPSA) is 57.8 Å². The summed E-state index contributed by atoms with van der Waals surface area (Å²) in [6, 6.07) is 11.3. The van der Waals surface area contributed by atoms with Crippen molar-refractivity contribution >= 4 is 33.8 Å². The van der Waals surface area contributed by atoms with Gasteiger partial charge in [-0.1, -0.05) is 23.7 Å². The summed E-state index contributed by atoms with van der Waals surface area (Å²) in [7, 11) is 0. The predicted octanol–water partition coefficient (Wildman–Crippen LogP) is 2.97. The molecular formula is C15H14ClN3OS. The van der Waals surface area contributed by atoms with Gasteiger partial charge >= 0.3 is 0 Å². The Morgan fingerprint density at radius 1 is 1.24 bits per heavy atom. The fourth-order valence-electron chi connectivity index (χ4n) is 2.12. The SMILES string of the molecule is O=c1[nH]c(CNCCc2ccc(Cl)s2)nc2ccccc12. The standard InChI is InChI=1S/C15H14ClN3OS/c16-13-6-5-10(21-13)7-8-17-9-14-18-12-4-2-1-3-11(12)15(20)19-14/h1-6,17H,7-9H2,(H,18,19,20). The molecule has 0 aliphatic carbocycles. The lowest BCUT2D eigenvalue weighted by Crippen LogP contribution is -2.21. The van der Waals surface area contributed by atoms with E-state index < -0.39 is 0 Å². The van der Waals surface area contributed by atoms with Crippen LogP contribution in [-0.4, -0.2) is 16.5 Å². The third-order valence-corrected chi connectivity index (χ3v) is 4.42. The van der Waals surface area contributed by atoms with Crippen LogP contribution in [0.4, 0.5) is 0 Å². The number of hydrogen-bond donors (Lipinski definition) is 2. The number of H-pyrrole nitrogens is 1. The minimum absolute atomic E-state index is 0.0950. The Bertz CT molecular complexity index is 812. The van der Waals surface area contributed by atoms with E-state index in [0.29, 0.717) is 17.8 Å². The molecule has 0 amide bonds. The zero-order chi connectivity index (χ0) is 14.7. The zero-order valence-corrected chi connectivity index (χ0v) is 12.8. The fourth-order valence-corrected chi connectivity index (χ4v) is 3.21. The Labute approximate surface area is 130 Å². The maximum atomic E-state index is 11.9. The van der Waals surface area contributed by atoms with Crippen LogP contribution >= 0.6 is 22.9 Å². The van der Waals surface area contributed by atoms with Crippen molar-refractivity contribution in [2.75, 3.05) is 6.54 Å². The molecule has 2 heterocycles. The summed E-state index contributed by atoms with van der Waals surface area (Å²) >= 11 is 7.48. The number of aromatic amines is 1. The second kappa shape index (κ2) is 6.39. The Balaban J connectivity index is 1.61. The molecule has 0 unspecified atom stereocenters. The van der Waals surface area contributed by atoms with E-state index in [1.165, 1.54) is 4.88 Å². The average Bonchev–Trinajstić information content (AvgIpc) is 2.89. The molecule has 6 heteroatoms. The zero-order valence-electron chi connectivity index (χ0n) is 11.2. The van der Waals surface area contributed by atoms with Gasteiger partial charge in [-0.2, -0.15) is 0 Å². The van der Waals surface area contributed by atoms with Crippen LogP contribution < -0.4 is 10.9 Å². The maximum absolute atomic E-state index is 11.9. The van der Waals surface area contributed by atoms with Crippen LogP contribution in [0.2, 0.25) is 4.34 Å². The number of rotatable bonds is 5. The quantitative estimate of drug-likeness (QED) is 0.711. The van der Waals surface area contributed by atoms with Crippen molar-refractivity contribution in [3.63, 3.8) is 0 Å². The molecule has 1 aromatic carbocycles. The molecule has 0 fully saturated rings. The van der Waals surface area contributed by atoms with Crippen molar-refractivity contribution in [3.8, 4) is 0 Å². The van der Waals surface area contributed by atoms with Gasteiger partial charge in [0.15, 0.2) is 0 Å². The molecule has 0 aliphatic heterocycles. The second-order valence-corrected chi connectivity index (χ2v) is 6.46. The molecule has 0 aliphatic rings. The molecule has 3 aromatic rings. The molecule has 0 saturated heterocycles. The minimum Gasteiger partial charge on any atom is -0.310 e. The third kappa shape index (κ3) is 3.50. The van der Waals surface area contributed by atoms with Crippen LogP contribution in [0.15, 0.2) is 41.2 Å². The van der Waals surface area contributed by atoms with Gasteiger partial charge in [-0.25, -0.2) is 4.98 Å². The molecule has 0 spiro atoms. The maximum Gasteiger partial charge on any atom is 0.258 e. The van der Waals surface area contributed by atoms with Crippen LogP contribution in [0, 0.1) is 0 Å². The van der Waals surface area contributed by atoms with E-state index >= 15 is 0 Å². The molecular weight excluding hydrogens is 306 g/mol. The molecule has 2 aromatic heterocycles. The van der Waals surface area contributed by atoms with Gasteiger partial charge in [0.05, 0.1) is 21.8 Å². The summed E-state index contributed by atoms with van der Waals surface area (Å²) in [5, 5.41) is 3.90. The second-order valence-electron chi connectivity index (χ2n) is 4.66. The number of benzene rings is 1. The van der Waals surface area contributed by atoms with Crippen molar-refractivity contribution in [3.05, 3.63) is 61.8 Å². The molecule has 4 nitrogen and oxygen atoms in total. The van der Waals surface area contributed by atoms with E-state index in [-0.39, 0.29) is 5.56 Å². The van der Waals surface area contributed by atoms with Gasteiger partial charge < -0.3 is 10.3 Å². The number of thiophene rings is 1. The van der Waals surface area contributed by atoms with Gasteiger partial charge in [-0.15, -0.1) is 11.3 Å². The normalized spacial score (nSPS) is 11.1. The lowest BCUT2D eigenvalue weighted by molar-refractivity contribution is 0.663. The number of aromatic nitrogens is 2. The molecule has 0 radical (unpaired) electrons. The van der Waals surface area contributed by atoms with E-state index in [2.05, 4.69) is 15.3 Å². The number of hydrogen-bond acceptors (Lipinski definition) is 4. The molecule has 0 saturated carbocycles. The van der Waals surface area contributed by atoms with E-state index in [1.807, 2.05) is 30.3 Å². The molecule has 21 heavy (non-hydrogen) atoms. The molecule has 2 N–H and O–H groups in total. The highest BCUT2D eigenvalue weighted by atomic mass is 35.5. The number of para-hydroxylation sites is 1. The highest BCUT2D eigenvalue weighted by Gasteiger charge is 2.03. The van der Waals surface area contributed by atoms with Crippen LogP contribution in [0.5, 0.6) is 0 Å². The highest BCUT2D eigenvalue weighted by Crippen LogP contribution is 2.21. The number of fused-ring (bicyclic) bond motifs is 1. The summed E-state index contributed by atoms with van der Waals surface area (Å²) in [5.74, 6) is 0.655. The molecule has 108 valence electrons. The largest absolute Gasteiger partial charge is 0.310 e. The van der Waals surface area contributed by atoms with Crippen molar-refractivity contribution in [2.45, 2.75) is 13.0 Å². The van der Waals surface area contributed by atoms with Crippen LogP contribution in [0.25, 0.3) is 10.9 Å². The van der Waals surface area contributed by atoms with E-state index in [1.54, 1.807) is 17.4 Å². The van der Waals surface area contributed by atoms with Crippen molar-refractivity contribution in [1.82, 2.24) is 15.3 Å². The first-order valence-corrected chi connectivity index (χ1v) is 7.85. The number of halogens is 1. The summed E-state index contributed by atoms with van der Waals surface area (Å²) < 4.78 is 0.811. The highest BCUT2D eigenvalue weighted by molar-refractivity contribution is 7.16. The molecule has 0 bridgehead atoms. The first-order chi connectivity index (χ1) is 10.2. The first-order valence-electron chi connectivity index (χ1n) is 6.65. The Kier molecular flexibility index (Phi) is 4.34. The van der Waals surface area contributed by atoms with E-state index in [9.17, 15) is 4.79 Å². The summed E-state index contributed by atoms with van der Waals surface area (Å²) in [4.78, 5) is 20.4. The van der Waals surface area contributed by atoms with Gasteiger partial charge in [0.1, 0.15) is 5.82 Å². The monoisotopic (exact) mass is 319 g/mol. The van der Waals surface area contributed by atoms with Crippen molar-refractivity contribution < 1.29 is 0 Å². The van der Waals surface area contributed by atoms with E-state index in [0.717, 1.165) is 22.8 Å². The van der Waals surface area contributed by atoms with Gasteiger partial charge in [0.2, 0.25) is 0 Å². The van der Waals surface area contributed by atoms with Crippen LogP contribution in [0.1, 0.15) is 10.7 Å². The smallest absolute Gasteiger partial charge is 0.258 e. The van der Waals surface area contributed by atoms with Gasteiger partial charge in [-0.05, 0) is 30.7 Å². The van der Waals surface area contributed by atoms with Crippen molar-refractivity contribution in [2.24, 2.45) is 0 Å². The average molecular weight is 320 g/mol. The summed E-state index contributed by atoms with van der Waals surface area (Å²) in [5.41, 5.74) is 0.630. The number of nitrogens with zero attached hydrogens (tertiary/aromatic N) is 1. The lowest BCUT2D eigenvalue weighted by atomic mass is 10.2. The van der Waals surface area contributed by atoms with Crippen LogP contribution in [-0.2, 0) is 13.0 Å². The Hall–Kier alpha value is -1.69.